The Kier molecular flexibility index (Phi) is 7.38. The molecule has 0 aliphatic rings. The van der Waals surface area contributed by atoms with Crippen LogP contribution >= 0.6 is 0 Å². The number of ether oxygens (including phenoxy) is 3. The molecule has 0 heterocycles. The first-order valence-corrected chi connectivity index (χ1v) is 9.88. The van der Waals surface area contributed by atoms with Crippen LogP contribution in [0.1, 0.15) is 24.2 Å². The van der Waals surface area contributed by atoms with Gasteiger partial charge in [-0.1, -0.05) is 0 Å². The summed E-state index contributed by atoms with van der Waals surface area (Å²) in [5, 5.41) is 0.733. The molecule has 26 heavy (non-hydrogen) atoms. The summed E-state index contributed by atoms with van der Waals surface area (Å²) in [5.41, 5.74) is 0.100. The predicted molar refractivity (Wildman–Crippen MR) is 96.0 cm³/mol. The molecule has 0 radical (unpaired) electrons. The first-order valence-electron chi connectivity index (χ1n) is 7.81. The van der Waals surface area contributed by atoms with E-state index >= 15 is 0 Å². The molecule has 2 rings (SSSR count). The summed E-state index contributed by atoms with van der Waals surface area (Å²) in [5.74, 6) is -1.53. The Hall–Kier alpha value is -2.63. The van der Waals surface area contributed by atoms with Gasteiger partial charge in [0, 0.05) is 0 Å². The Bertz CT molecular complexity index is 788. The minimum absolute atomic E-state index is 0.00480. The van der Waals surface area contributed by atoms with Crippen molar-refractivity contribution >= 4 is 37.3 Å². The molecule has 0 amide bonds. The van der Waals surface area contributed by atoms with Gasteiger partial charge in [0.2, 0.25) is 0 Å². The monoisotopic (exact) mass is 422 g/mol. The van der Waals surface area contributed by atoms with Crippen molar-refractivity contribution in [3.05, 3.63) is 54.1 Å². The van der Waals surface area contributed by atoms with E-state index in [2.05, 4.69) is 0 Å². The molecular formula is C19H18O6Se. The van der Waals surface area contributed by atoms with E-state index < -0.39 is 17.9 Å². The number of hydrogen-bond donors (Lipinski definition) is 0. The molecule has 0 bridgehead atoms. The average Bonchev–Trinajstić information content (AvgIpc) is 2.58. The fourth-order valence-electron chi connectivity index (χ4n) is 2.03. The van der Waals surface area contributed by atoms with Crippen molar-refractivity contribution in [1.29, 1.82) is 0 Å². The summed E-state index contributed by atoms with van der Waals surface area (Å²) < 4.78 is 16.5. The van der Waals surface area contributed by atoms with Gasteiger partial charge in [0.25, 0.3) is 0 Å². The molecule has 2 aromatic rings. The molecule has 0 spiro atoms. The molecule has 0 aliphatic carbocycles. The molecule has 0 saturated carbocycles. The van der Waals surface area contributed by atoms with Gasteiger partial charge in [0.1, 0.15) is 0 Å². The van der Waals surface area contributed by atoms with E-state index in [0.717, 1.165) is 5.32 Å². The molecular weight excluding hydrogens is 403 g/mol. The Morgan fingerprint density at radius 2 is 1.62 bits per heavy atom. The summed E-state index contributed by atoms with van der Waals surface area (Å²) in [7, 11) is 0. The number of benzene rings is 2. The standard InChI is InChI=1S/C19H18O6Se/c1-13(20)24-15-8-9-17(18(12-15)25-14(2)21)19(22)23-10-11-26-16-6-4-3-5-7-16/h3-9,12H,10-11H2,1-2H3. The molecule has 7 heteroatoms. The zero-order valence-corrected chi connectivity index (χ0v) is 16.1. The van der Waals surface area contributed by atoms with Gasteiger partial charge in [0.05, 0.1) is 0 Å². The van der Waals surface area contributed by atoms with Gasteiger partial charge in [-0.2, -0.15) is 0 Å². The van der Waals surface area contributed by atoms with Crippen molar-refractivity contribution < 1.29 is 28.6 Å². The third-order valence-corrected chi connectivity index (χ3v) is 5.07. The van der Waals surface area contributed by atoms with Gasteiger partial charge in [-0.15, -0.1) is 0 Å². The first-order chi connectivity index (χ1) is 12.5. The predicted octanol–water partition coefficient (Wildman–Crippen LogP) is 2.14. The first kappa shape index (κ1) is 19.7. The van der Waals surface area contributed by atoms with Crippen LogP contribution in [-0.2, 0) is 14.3 Å². The van der Waals surface area contributed by atoms with Crippen LogP contribution in [0, 0.1) is 0 Å². The number of esters is 3. The fourth-order valence-corrected chi connectivity index (χ4v) is 3.61. The van der Waals surface area contributed by atoms with Crippen LogP contribution in [0.25, 0.3) is 0 Å². The summed E-state index contributed by atoms with van der Waals surface area (Å²) in [6.45, 7) is 2.73. The molecule has 0 saturated heterocycles. The SMILES string of the molecule is CC(=O)Oc1ccc(C(=O)OCC[Se]c2ccccc2)c(OC(C)=O)c1. The second-order valence-electron chi connectivity index (χ2n) is 5.14. The molecule has 0 aromatic heterocycles. The maximum absolute atomic E-state index is 12.3. The maximum atomic E-state index is 12.3. The normalized spacial score (nSPS) is 10.1. The Morgan fingerprint density at radius 3 is 2.27 bits per heavy atom. The zero-order chi connectivity index (χ0) is 18.9. The summed E-state index contributed by atoms with van der Waals surface area (Å²) >= 11 is 0.208. The average molecular weight is 421 g/mol. The van der Waals surface area contributed by atoms with E-state index in [1.807, 2.05) is 30.3 Å². The van der Waals surface area contributed by atoms with Crippen LogP contribution in [0.15, 0.2) is 48.5 Å². The van der Waals surface area contributed by atoms with Gasteiger partial charge < -0.3 is 0 Å². The molecule has 136 valence electrons. The molecule has 0 N–H and O–H groups in total. The van der Waals surface area contributed by atoms with Crippen LogP contribution < -0.4 is 13.9 Å². The van der Waals surface area contributed by atoms with Crippen LogP contribution in [0.2, 0.25) is 5.32 Å². The quantitative estimate of drug-likeness (QED) is 0.295. The Morgan fingerprint density at radius 1 is 0.923 bits per heavy atom. The van der Waals surface area contributed by atoms with Gasteiger partial charge in [0.15, 0.2) is 0 Å². The van der Waals surface area contributed by atoms with Crippen LogP contribution in [0.3, 0.4) is 0 Å². The van der Waals surface area contributed by atoms with E-state index in [-0.39, 0.29) is 38.6 Å². The topological polar surface area (TPSA) is 78.9 Å². The number of carbonyl (C=O) groups is 3. The van der Waals surface area contributed by atoms with Crippen molar-refractivity contribution in [2.24, 2.45) is 0 Å². The van der Waals surface area contributed by atoms with Crippen molar-refractivity contribution in [1.82, 2.24) is 0 Å². The van der Waals surface area contributed by atoms with Gasteiger partial charge in [-0.05, 0) is 0 Å². The molecule has 6 nitrogen and oxygen atoms in total. The summed E-state index contributed by atoms with van der Waals surface area (Å²) in [6.07, 6.45) is 0. The number of rotatable bonds is 7. The van der Waals surface area contributed by atoms with Gasteiger partial charge >= 0.3 is 157 Å². The van der Waals surface area contributed by atoms with Gasteiger partial charge in [-0.25, -0.2) is 0 Å². The number of carbonyl (C=O) groups excluding carboxylic acids is 3. The third kappa shape index (κ3) is 6.35. The van der Waals surface area contributed by atoms with E-state index in [1.54, 1.807) is 0 Å². The van der Waals surface area contributed by atoms with Crippen molar-refractivity contribution in [3.63, 3.8) is 0 Å². The van der Waals surface area contributed by atoms with E-state index in [9.17, 15) is 14.4 Å². The second-order valence-corrected chi connectivity index (χ2v) is 7.59. The molecule has 0 atom stereocenters. The molecule has 2 aromatic carbocycles. The molecule has 0 unspecified atom stereocenters. The molecule has 0 fully saturated rings. The van der Waals surface area contributed by atoms with Crippen LogP contribution in [0.5, 0.6) is 11.5 Å². The van der Waals surface area contributed by atoms with Crippen LogP contribution in [0.4, 0.5) is 0 Å². The van der Waals surface area contributed by atoms with Crippen molar-refractivity contribution in [2.45, 2.75) is 19.2 Å². The second kappa shape index (κ2) is 9.75. The number of hydrogen-bond acceptors (Lipinski definition) is 6. The fraction of sp³-hybridized carbons (Fsp3) is 0.211. The van der Waals surface area contributed by atoms with Crippen molar-refractivity contribution in [2.75, 3.05) is 6.61 Å². The van der Waals surface area contributed by atoms with E-state index in [1.165, 1.54) is 36.5 Å². The third-order valence-electron chi connectivity index (χ3n) is 3.02. The Labute approximate surface area is 157 Å². The summed E-state index contributed by atoms with van der Waals surface area (Å²) in [4.78, 5) is 34.6. The van der Waals surface area contributed by atoms with Crippen LogP contribution in [-0.4, -0.2) is 39.5 Å². The zero-order valence-electron chi connectivity index (χ0n) is 14.4. The van der Waals surface area contributed by atoms with Gasteiger partial charge in [-0.3, -0.25) is 0 Å². The summed E-state index contributed by atoms with van der Waals surface area (Å²) in [6, 6.07) is 14.1. The van der Waals surface area contributed by atoms with E-state index in [0.29, 0.717) is 0 Å². The van der Waals surface area contributed by atoms with E-state index in [4.69, 9.17) is 14.2 Å². The minimum atomic E-state index is -0.598. The van der Waals surface area contributed by atoms with Crippen molar-refractivity contribution in [3.8, 4) is 11.5 Å². The Balaban J connectivity index is 1.99. The molecule has 0 aliphatic heterocycles.